The van der Waals surface area contributed by atoms with Gasteiger partial charge in [0.1, 0.15) is 5.60 Å². The van der Waals surface area contributed by atoms with Crippen molar-refractivity contribution < 1.29 is 9.53 Å². The van der Waals surface area contributed by atoms with E-state index in [0.29, 0.717) is 11.8 Å². The molecule has 3 nitrogen and oxygen atoms in total. The van der Waals surface area contributed by atoms with Crippen LogP contribution in [-0.2, 0) is 4.74 Å². The maximum Gasteiger partial charge on any atom is 0.410 e. The molecule has 1 amide bonds. The summed E-state index contributed by atoms with van der Waals surface area (Å²) in [7, 11) is 0. The van der Waals surface area contributed by atoms with Crippen LogP contribution in [0.2, 0.25) is 0 Å². The first-order valence-corrected chi connectivity index (χ1v) is 8.11. The quantitative estimate of drug-likeness (QED) is 0.761. The SMILES string of the molecule is CC(C)(C)OC(=O)N1C[C@@H](CBr)[C@H](c2ccccc2)C1. The Labute approximate surface area is 129 Å². The molecule has 1 saturated heterocycles. The Morgan fingerprint density at radius 2 is 1.95 bits per heavy atom. The first-order valence-electron chi connectivity index (χ1n) is 6.99. The van der Waals surface area contributed by atoms with Crippen LogP contribution in [0.3, 0.4) is 0 Å². The lowest BCUT2D eigenvalue weighted by molar-refractivity contribution is 0.0288. The molecule has 1 aliphatic rings. The third kappa shape index (κ3) is 3.75. The average Bonchev–Trinajstić information content (AvgIpc) is 2.82. The first-order chi connectivity index (χ1) is 9.40. The van der Waals surface area contributed by atoms with Crippen molar-refractivity contribution in [3.05, 3.63) is 35.9 Å². The van der Waals surface area contributed by atoms with Crippen LogP contribution in [0.25, 0.3) is 0 Å². The molecule has 0 aliphatic carbocycles. The van der Waals surface area contributed by atoms with E-state index in [1.165, 1.54) is 5.56 Å². The van der Waals surface area contributed by atoms with Gasteiger partial charge in [0, 0.05) is 24.3 Å². The fourth-order valence-electron chi connectivity index (χ4n) is 2.58. The van der Waals surface area contributed by atoms with E-state index in [9.17, 15) is 4.79 Å². The molecule has 2 rings (SSSR count). The Morgan fingerprint density at radius 3 is 2.50 bits per heavy atom. The number of nitrogens with zero attached hydrogens (tertiary/aromatic N) is 1. The normalized spacial score (nSPS) is 22.9. The minimum atomic E-state index is -0.439. The Bertz CT molecular complexity index is 455. The van der Waals surface area contributed by atoms with Crippen molar-refractivity contribution in [2.75, 3.05) is 18.4 Å². The van der Waals surface area contributed by atoms with Crippen molar-refractivity contribution in [1.82, 2.24) is 4.90 Å². The average molecular weight is 340 g/mol. The van der Waals surface area contributed by atoms with E-state index in [4.69, 9.17) is 4.74 Å². The Hall–Kier alpha value is -1.03. The smallest absolute Gasteiger partial charge is 0.410 e. The van der Waals surface area contributed by atoms with Gasteiger partial charge in [-0.25, -0.2) is 4.79 Å². The van der Waals surface area contributed by atoms with Gasteiger partial charge in [0.25, 0.3) is 0 Å². The summed E-state index contributed by atoms with van der Waals surface area (Å²) in [5.41, 5.74) is 0.856. The Morgan fingerprint density at radius 1 is 1.30 bits per heavy atom. The summed E-state index contributed by atoms with van der Waals surface area (Å²) < 4.78 is 5.47. The van der Waals surface area contributed by atoms with Crippen molar-refractivity contribution >= 4 is 22.0 Å². The minimum Gasteiger partial charge on any atom is -0.444 e. The number of carbonyl (C=O) groups excluding carboxylic acids is 1. The lowest BCUT2D eigenvalue weighted by Gasteiger charge is -2.24. The summed E-state index contributed by atoms with van der Waals surface area (Å²) in [6.07, 6.45) is -0.207. The third-order valence-electron chi connectivity index (χ3n) is 3.52. The van der Waals surface area contributed by atoms with E-state index in [1.807, 2.05) is 31.7 Å². The zero-order valence-electron chi connectivity index (χ0n) is 12.3. The lowest BCUT2D eigenvalue weighted by atomic mass is 9.90. The number of amides is 1. The molecule has 0 radical (unpaired) electrons. The van der Waals surface area contributed by atoms with E-state index < -0.39 is 5.60 Å². The molecule has 0 N–H and O–H groups in total. The fraction of sp³-hybridized carbons (Fsp3) is 0.562. The van der Waals surface area contributed by atoms with E-state index in [-0.39, 0.29) is 6.09 Å². The van der Waals surface area contributed by atoms with Gasteiger partial charge in [-0.2, -0.15) is 0 Å². The summed E-state index contributed by atoms with van der Waals surface area (Å²) in [5, 5.41) is 0.895. The summed E-state index contributed by atoms with van der Waals surface area (Å²) >= 11 is 3.57. The van der Waals surface area contributed by atoms with Crippen molar-refractivity contribution in [2.45, 2.75) is 32.3 Å². The highest BCUT2D eigenvalue weighted by molar-refractivity contribution is 9.09. The predicted molar refractivity (Wildman–Crippen MR) is 84.3 cm³/mol. The van der Waals surface area contributed by atoms with Gasteiger partial charge in [-0.3, -0.25) is 0 Å². The number of halogens is 1. The van der Waals surface area contributed by atoms with Crippen LogP contribution >= 0.6 is 15.9 Å². The molecule has 1 fully saturated rings. The standard InChI is InChI=1S/C16H22BrNO2/c1-16(2,3)20-15(19)18-10-13(9-17)14(11-18)12-7-5-4-6-8-12/h4-8,13-14H,9-11H2,1-3H3/t13-,14+/m1/s1. The van der Waals surface area contributed by atoms with Crippen molar-refractivity contribution in [3.8, 4) is 0 Å². The Balaban J connectivity index is 2.08. The van der Waals surface area contributed by atoms with Gasteiger partial charge in [0.15, 0.2) is 0 Å². The minimum absolute atomic E-state index is 0.207. The molecule has 0 spiro atoms. The molecule has 0 saturated carbocycles. The highest BCUT2D eigenvalue weighted by atomic mass is 79.9. The Kier molecular flexibility index (Phi) is 4.74. The number of likely N-dealkylation sites (tertiary alicyclic amines) is 1. The largest absolute Gasteiger partial charge is 0.444 e. The summed E-state index contributed by atoms with van der Waals surface area (Å²) in [4.78, 5) is 14.0. The molecular formula is C16H22BrNO2. The maximum absolute atomic E-state index is 12.2. The number of ether oxygens (including phenoxy) is 1. The summed E-state index contributed by atoms with van der Waals surface area (Å²) in [5.74, 6) is 0.813. The van der Waals surface area contributed by atoms with Gasteiger partial charge in [-0.15, -0.1) is 0 Å². The van der Waals surface area contributed by atoms with Gasteiger partial charge in [-0.1, -0.05) is 46.3 Å². The monoisotopic (exact) mass is 339 g/mol. The zero-order valence-corrected chi connectivity index (χ0v) is 13.9. The summed E-state index contributed by atoms with van der Waals surface area (Å²) in [6.45, 7) is 7.18. The number of benzene rings is 1. The molecule has 1 aliphatic heterocycles. The van der Waals surface area contributed by atoms with Crippen molar-refractivity contribution in [3.63, 3.8) is 0 Å². The van der Waals surface area contributed by atoms with Crippen LogP contribution in [-0.4, -0.2) is 35.0 Å². The molecule has 110 valence electrons. The maximum atomic E-state index is 12.2. The molecule has 1 aromatic rings. The van der Waals surface area contributed by atoms with Crippen LogP contribution < -0.4 is 0 Å². The molecule has 2 atom stereocenters. The highest BCUT2D eigenvalue weighted by Crippen LogP contribution is 2.34. The highest BCUT2D eigenvalue weighted by Gasteiger charge is 2.37. The van der Waals surface area contributed by atoms with Crippen LogP contribution in [0, 0.1) is 5.92 Å². The fourth-order valence-corrected chi connectivity index (χ4v) is 3.24. The predicted octanol–water partition coefficient (Wildman–Crippen LogP) is 4.03. The van der Waals surface area contributed by atoms with Gasteiger partial charge in [-0.05, 0) is 32.3 Å². The van der Waals surface area contributed by atoms with Gasteiger partial charge in [0.05, 0.1) is 0 Å². The van der Waals surface area contributed by atoms with Crippen LogP contribution in [0.1, 0.15) is 32.3 Å². The number of carbonyl (C=O) groups is 1. The van der Waals surface area contributed by atoms with Crippen molar-refractivity contribution in [1.29, 1.82) is 0 Å². The number of hydrogen-bond donors (Lipinski definition) is 0. The number of hydrogen-bond acceptors (Lipinski definition) is 2. The molecule has 20 heavy (non-hydrogen) atoms. The molecule has 1 aromatic carbocycles. The van der Waals surface area contributed by atoms with E-state index >= 15 is 0 Å². The lowest BCUT2D eigenvalue weighted by Crippen LogP contribution is -2.35. The van der Waals surface area contributed by atoms with Crippen LogP contribution in [0.15, 0.2) is 30.3 Å². The van der Waals surface area contributed by atoms with Gasteiger partial charge >= 0.3 is 6.09 Å². The number of rotatable bonds is 2. The van der Waals surface area contributed by atoms with E-state index in [2.05, 4.69) is 40.2 Å². The first kappa shape index (κ1) is 15.4. The summed E-state index contributed by atoms with van der Waals surface area (Å²) in [6, 6.07) is 10.4. The topological polar surface area (TPSA) is 29.5 Å². The molecular weight excluding hydrogens is 318 g/mol. The van der Waals surface area contributed by atoms with E-state index in [1.54, 1.807) is 0 Å². The second kappa shape index (κ2) is 6.17. The second-order valence-corrected chi connectivity index (χ2v) is 6.96. The zero-order chi connectivity index (χ0) is 14.8. The van der Waals surface area contributed by atoms with Gasteiger partial charge in [0.2, 0.25) is 0 Å². The van der Waals surface area contributed by atoms with Crippen LogP contribution in [0.4, 0.5) is 4.79 Å². The third-order valence-corrected chi connectivity index (χ3v) is 4.35. The number of alkyl halides is 1. The molecule has 4 heteroatoms. The van der Waals surface area contributed by atoms with Crippen molar-refractivity contribution in [2.24, 2.45) is 5.92 Å². The van der Waals surface area contributed by atoms with E-state index in [0.717, 1.165) is 18.4 Å². The molecule has 0 aromatic heterocycles. The molecule has 0 bridgehead atoms. The molecule has 0 unspecified atom stereocenters. The van der Waals surface area contributed by atoms with Gasteiger partial charge < -0.3 is 9.64 Å². The second-order valence-electron chi connectivity index (χ2n) is 6.32. The molecule has 1 heterocycles. The van der Waals surface area contributed by atoms with Crippen LogP contribution in [0.5, 0.6) is 0 Å².